The largest absolute Gasteiger partial charge is 0.481 e. The predicted molar refractivity (Wildman–Crippen MR) is 121 cm³/mol. The Hall–Kier alpha value is -1.09. The van der Waals surface area contributed by atoms with Gasteiger partial charge in [-0.25, -0.2) is 0 Å². The second kappa shape index (κ2) is 20.6. The van der Waals surface area contributed by atoms with E-state index in [1.165, 1.54) is 70.6 Å². The summed E-state index contributed by atoms with van der Waals surface area (Å²) in [5, 5.41) is 17.9. The molecule has 3 nitrogen and oxygen atoms in total. The molecule has 0 bridgehead atoms. The van der Waals surface area contributed by atoms with Gasteiger partial charge in [0.2, 0.25) is 0 Å². The summed E-state index contributed by atoms with van der Waals surface area (Å²) in [4.78, 5) is 10.6. The molecule has 0 rings (SSSR count). The zero-order chi connectivity index (χ0) is 20.9. The molecule has 0 spiro atoms. The predicted octanol–water partition coefficient (Wildman–Crippen LogP) is 7.44. The minimum absolute atomic E-state index is 0.224. The number of rotatable bonds is 20. The van der Waals surface area contributed by atoms with E-state index in [-0.39, 0.29) is 6.10 Å². The van der Waals surface area contributed by atoms with Crippen LogP contribution in [0.3, 0.4) is 0 Å². The van der Waals surface area contributed by atoms with Crippen molar-refractivity contribution in [3.63, 3.8) is 0 Å². The summed E-state index contributed by atoms with van der Waals surface area (Å²) in [7, 11) is 0. The number of allylic oxidation sites excluding steroid dienone is 3. The first-order valence-corrected chi connectivity index (χ1v) is 11.7. The fraction of sp³-hybridized carbons (Fsp3) is 0.800. The van der Waals surface area contributed by atoms with Gasteiger partial charge >= 0.3 is 5.97 Å². The highest BCUT2D eigenvalue weighted by molar-refractivity contribution is 5.66. The Kier molecular flexibility index (Phi) is 19.8. The van der Waals surface area contributed by atoms with Crippen molar-refractivity contribution >= 4 is 5.97 Å². The smallest absolute Gasteiger partial charge is 0.303 e. The first-order valence-electron chi connectivity index (χ1n) is 11.7. The molecular weight excluding hydrogens is 348 g/mol. The van der Waals surface area contributed by atoms with Crippen molar-refractivity contribution in [1.29, 1.82) is 0 Å². The van der Waals surface area contributed by atoms with Crippen LogP contribution in [0.2, 0.25) is 0 Å². The summed E-state index contributed by atoms with van der Waals surface area (Å²) in [6.45, 7) is 3.86. The van der Waals surface area contributed by atoms with Crippen LogP contribution in [0.15, 0.2) is 24.3 Å². The molecule has 0 unspecified atom stereocenters. The van der Waals surface area contributed by atoms with Gasteiger partial charge < -0.3 is 10.2 Å². The Labute approximate surface area is 174 Å². The maximum atomic E-state index is 10.6. The maximum absolute atomic E-state index is 10.6. The number of aliphatic hydroxyl groups excluding tert-OH is 1. The van der Waals surface area contributed by atoms with Crippen LogP contribution >= 0.6 is 0 Å². The number of aliphatic carboxylic acids is 1. The average Bonchev–Trinajstić information content (AvgIpc) is 2.62. The highest BCUT2D eigenvalue weighted by Crippen LogP contribution is 2.16. The van der Waals surface area contributed by atoms with Crippen LogP contribution in [0.4, 0.5) is 0 Å². The number of carboxylic acids is 1. The molecule has 0 aromatic carbocycles. The normalized spacial score (nSPS) is 14.1. The molecule has 0 heterocycles. The van der Waals surface area contributed by atoms with Crippen molar-refractivity contribution in [2.24, 2.45) is 5.92 Å². The minimum Gasteiger partial charge on any atom is -0.481 e. The van der Waals surface area contributed by atoms with Gasteiger partial charge in [-0.05, 0) is 44.9 Å². The van der Waals surface area contributed by atoms with Crippen molar-refractivity contribution in [1.82, 2.24) is 0 Å². The van der Waals surface area contributed by atoms with Gasteiger partial charge in [-0.15, -0.1) is 0 Å². The van der Waals surface area contributed by atoms with Gasteiger partial charge in [0.1, 0.15) is 0 Å². The van der Waals surface area contributed by atoms with E-state index >= 15 is 0 Å². The fourth-order valence-corrected chi connectivity index (χ4v) is 3.41. The van der Waals surface area contributed by atoms with Crippen molar-refractivity contribution < 1.29 is 15.0 Å². The number of aliphatic hydroxyl groups is 1. The quantitative estimate of drug-likeness (QED) is 0.167. The molecule has 0 fully saturated rings. The number of carbonyl (C=O) groups is 1. The van der Waals surface area contributed by atoms with Gasteiger partial charge in [0.25, 0.3) is 0 Å². The third-order valence-corrected chi connectivity index (χ3v) is 5.15. The second-order valence-corrected chi connectivity index (χ2v) is 8.42. The van der Waals surface area contributed by atoms with Crippen LogP contribution in [0.25, 0.3) is 0 Å². The number of hydrogen-bond acceptors (Lipinski definition) is 2. The number of hydrogen-bond donors (Lipinski definition) is 2. The molecule has 0 saturated carbocycles. The maximum Gasteiger partial charge on any atom is 0.303 e. The van der Waals surface area contributed by atoms with Crippen LogP contribution in [0, 0.1) is 5.92 Å². The van der Waals surface area contributed by atoms with E-state index in [9.17, 15) is 4.79 Å². The molecule has 0 aliphatic rings. The molecule has 0 saturated heterocycles. The van der Waals surface area contributed by atoms with Gasteiger partial charge in [-0.3, -0.25) is 4.79 Å². The highest BCUT2D eigenvalue weighted by atomic mass is 16.4. The number of unbranched alkanes of at least 4 members (excludes halogenated alkanes) is 11. The lowest BCUT2D eigenvalue weighted by molar-refractivity contribution is -0.138. The van der Waals surface area contributed by atoms with Crippen LogP contribution in [0.5, 0.6) is 0 Å². The van der Waals surface area contributed by atoms with Crippen LogP contribution < -0.4 is 0 Å². The SMILES string of the molecule is C[C@H](CCCCCCCCCCCC/C=C/CC/C=C/C[C@@H](C)O)CC(=O)O. The summed E-state index contributed by atoms with van der Waals surface area (Å²) < 4.78 is 0. The Morgan fingerprint density at radius 3 is 1.71 bits per heavy atom. The van der Waals surface area contributed by atoms with Crippen molar-refractivity contribution in [3.8, 4) is 0 Å². The Morgan fingerprint density at radius 2 is 1.18 bits per heavy atom. The second-order valence-electron chi connectivity index (χ2n) is 8.42. The van der Waals surface area contributed by atoms with E-state index < -0.39 is 5.97 Å². The van der Waals surface area contributed by atoms with Crippen molar-refractivity contribution in [3.05, 3.63) is 24.3 Å². The molecule has 0 amide bonds. The van der Waals surface area contributed by atoms with Gasteiger partial charge in [-0.2, -0.15) is 0 Å². The number of carboxylic acid groups (broad SMARTS) is 1. The summed E-state index contributed by atoms with van der Waals surface area (Å²) in [5.74, 6) is -0.342. The lowest BCUT2D eigenvalue weighted by Crippen LogP contribution is -2.03. The molecule has 28 heavy (non-hydrogen) atoms. The van der Waals surface area contributed by atoms with Crippen LogP contribution in [0.1, 0.15) is 117 Å². The summed E-state index contributed by atoms with van der Waals surface area (Å²) >= 11 is 0. The zero-order valence-electron chi connectivity index (χ0n) is 18.6. The lowest BCUT2D eigenvalue weighted by atomic mass is 9.99. The third kappa shape index (κ3) is 23.0. The van der Waals surface area contributed by atoms with E-state index in [2.05, 4.69) is 24.3 Å². The molecule has 0 aliphatic heterocycles. The fourth-order valence-electron chi connectivity index (χ4n) is 3.41. The van der Waals surface area contributed by atoms with Crippen LogP contribution in [-0.2, 0) is 4.79 Å². The first kappa shape index (κ1) is 26.9. The average molecular weight is 395 g/mol. The van der Waals surface area contributed by atoms with E-state index in [0.29, 0.717) is 12.3 Å². The highest BCUT2D eigenvalue weighted by Gasteiger charge is 2.06. The van der Waals surface area contributed by atoms with Gasteiger partial charge in [0.05, 0.1) is 6.10 Å². The summed E-state index contributed by atoms with van der Waals surface area (Å²) in [6, 6.07) is 0. The lowest BCUT2D eigenvalue weighted by Gasteiger charge is -2.07. The molecular formula is C25H46O3. The zero-order valence-corrected chi connectivity index (χ0v) is 18.6. The Balaban J connectivity index is 3.20. The molecule has 0 aliphatic carbocycles. The minimum atomic E-state index is -0.666. The molecule has 3 heteroatoms. The van der Waals surface area contributed by atoms with Gasteiger partial charge in [0.15, 0.2) is 0 Å². The Morgan fingerprint density at radius 1 is 0.714 bits per heavy atom. The Bertz CT molecular complexity index is 399. The van der Waals surface area contributed by atoms with E-state index in [4.69, 9.17) is 10.2 Å². The van der Waals surface area contributed by atoms with Crippen molar-refractivity contribution in [2.75, 3.05) is 0 Å². The monoisotopic (exact) mass is 394 g/mol. The topological polar surface area (TPSA) is 57.5 Å². The van der Waals surface area contributed by atoms with E-state index in [0.717, 1.165) is 25.7 Å². The standard InChI is InChI=1S/C25H46O3/c1-23(22-25(27)28)20-18-16-14-12-10-8-6-4-3-5-7-9-11-13-15-17-19-21-24(2)26/h9,11,17,19,23-24,26H,3-8,10,12-16,18,20-22H2,1-2H3,(H,27,28)/b11-9+,19-17+/t23-,24-/m1/s1. The van der Waals surface area contributed by atoms with Crippen LogP contribution in [-0.4, -0.2) is 22.3 Å². The summed E-state index contributed by atoms with van der Waals surface area (Å²) in [5.41, 5.74) is 0. The van der Waals surface area contributed by atoms with Gasteiger partial charge in [0, 0.05) is 6.42 Å². The molecule has 164 valence electrons. The van der Waals surface area contributed by atoms with E-state index in [1.807, 2.05) is 13.8 Å². The summed E-state index contributed by atoms with van der Waals surface area (Å²) in [6.07, 6.45) is 27.3. The van der Waals surface area contributed by atoms with Gasteiger partial charge in [-0.1, -0.05) is 95.4 Å². The molecule has 0 aromatic rings. The van der Waals surface area contributed by atoms with Crippen molar-refractivity contribution in [2.45, 2.75) is 123 Å². The molecule has 2 N–H and O–H groups in total. The third-order valence-electron chi connectivity index (χ3n) is 5.15. The molecule has 0 aromatic heterocycles. The molecule has 2 atom stereocenters. The first-order chi connectivity index (χ1) is 13.5. The van der Waals surface area contributed by atoms with E-state index in [1.54, 1.807) is 0 Å². The molecule has 0 radical (unpaired) electrons.